The van der Waals surface area contributed by atoms with E-state index in [9.17, 15) is 62.9 Å². The van der Waals surface area contributed by atoms with E-state index in [-0.39, 0.29) is 17.7 Å². The van der Waals surface area contributed by atoms with Crippen LogP contribution in [0.1, 0.15) is 22.3 Å². The zero-order valence-corrected chi connectivity index (χ0v) is 16.8. The number of alkyl halides is 12. The standard InChI is InChI=1S/C19H14F12N2O2/c20-16(21,22)14(34,17(23,24)25)10-3-1-9(7-13(10)33)5-8-2-4-12(32)11(6-8)15(35,18(26,27)28)19(29,30)31/h1-4,6-7,34-35H,5,32-33H2. The zero-order valence-electron chi connectivity index (χ0n) is 16.8. The van der Waals surface area contributed by atoms with Crippen molar-refractivity contribution in [2.24, 2.45) is 0 Å². The summed E-state index contributed by atoms with van der Waals surface area (Å²) in [5.41, 5.74) is -6.77. The van der Waals surface area contributed by atoms with E-state index < -0.39 is 70.4 Å². The van der Waals surface area contributed by atoms with Gasteiger partial charge in [0, 0.05) is 22.5 Å². The summed E-state index contributed by atoms with van der Waals surface area (Å²) in [7, 11) is 0. The van der Waals surface area contributed by atoms with Crippen molar-refractivity contribution in [2.75, 3.05) is 11.5 Å². The van der Waals surface area contributed by atoms with Gasteiger partial charge in [0.15, 0.2) is 0 Å². The predicted molar refractivity (Wildman–Crippen MR) is 96.5 cm³/mol. The maximum atomic E-state index is 13.2. The minimum atomic E-state index is -6.26. The van der Waals surface area contributed by atoms with Gasteiger partial charge in [-0.25, -0.2) is 0 Å². The van der Waals surface area contributed by atoms with E-state index in [1.165, 1.54) is 0 Å². The Kier molecular flexibility index (Phi) is 6.77. The van der Waals surface area contributed by atoms with Crippen LogP contribution in [0.25, 0.3) is 0 Å². The Morgan fingerprint density at radius 1 is 0.514 bits per heavy atom. The van der Waals surface area contributed by atoms with Gasteiger partial charge in [0.05, 0.1) is 0 Å². The molecule has 2 rings (SSSR count). The van der Waals surface area contributed by atoms with Crippen molar-refractivity contribution in [2.45, 2.75) is 42.3 Å². The normalized spacial score (nSPS) is 14.3. The summed E-state index contributed by atoms with van der Waals surface area (Å²) in [5.74, 6) is 0. The molecule has 0 unspecified atom stereocenters. The van der Waals surface area contributed by atoms with Crippen LogP contribution < -0.4 is 11.5 Å². The molecule has 0 amide bonds. The van der Waals surface area contributed by atoms with E-state index in [0.29, 0.717) is 18.2 Å². The van der Waals surface area contributed by atoms with Gasteiger partial charge < -0.3 is 21.7 Å². The lowest BCUT2D eigenvalue weighted by atomic mass is 9.87. The molecule has 16 heteroatoms. The molecule has 0 aliphatic heterocycles. The third-order valence-electron chi connectivity index (χ3n) is 5.06. The van der Waals surface area contributed by atoms with Crippen molar-refractivity contribution in [3.8, 4) is 0 Å². The van der Waals surface area contributed by atoms with Gasteiger partial charge in [-0.05, 0) is 35.7 Å². The highest BCUT2D eigenvalue weighted by molar-refractivity contribution is 5.56. The molecule has 0 bridgehead atoms. The second-order valence-corrected chi connectivity index (χ2v) is 7.43. The fourth-order valence-electron chi connectivity index (χ4n) is 3.25. The summed E-state index contributed by atoms with van der Waals surface area (Å²) in [6.45, 7) is 0. The highest BCUT2D eigenvalue weighted by Gasteiger charge is 2.73. The summed E-state index contributed by atoms with van der Waals surface area (Å²) < 4.78 is 157. The Hall–Kier alpha value is -2.88. The molecule has 2 aromatic carbocycles. The number of halogens is 12. The minimum absolute atomic E-state index is 0.172. The molecule has 196 valence electrons. The number of hydrogen-bond donors (Lipinski definition) is 4. The van der Waals surface area contributed by atoms with Crippen LogP contribution in [0.5, 0.6) is 0 Å². The highest BCUT2D eigenvalue weighted by Crippen LogP contribution is 2.53. The molecular formula is C19H14F12N2O2. The molecular weight excluding hydrogens is 516 g/mol. The largest absolute Gasteiger partial charge is 0.430 e. The van der Waals surface area contributed by atoms with Crippen LogP contribution >= 0.6 is 0 Å². The van der Waals surface area contributed by atoms with Crippen LogP contribution in [0.4, 0.5) is 64.1 Å². The molecule has 0 spiro atoms. The number of aliphatic hydroxyl groups is 2. The fraction of sp³-hybridized carbons (Fsp3) is 0.368. The Balaban J connectivity index is 2.57. The summed E-state index contributed by atoms with van der Waals surface area (Å²) in [6, 6.07) is 3.04. The van der Waals surface area contributed by atoms with Gasteiger partial charge in [0.25, 0.3) is 11.2 Å². The number of benzene rings is 2. The quantitative estimate of drug-likeness (QED) is 0.329. The predicted octanol–water partition coefficient (Wildman–Crippen LogP) is 5.07. The minimum Gasteiger partial charge on any atom is -0.398 e. The topological polar surface area (TPSA) is 92.5 Å². The molecule has 0 fully saturated rings. The van der Waals surface area contributed by atoms with Crippen molar-refractivity contribution in [1.82, 2.24) is 0 Å². The Bertz CT molecular complexity index is 1060. The number of nitrogens with two attached hydrogens (primary N) is 2. The average Bonchev–Trinajstić information content (AvgIpc) is 2.65. The van der Waals surface area contributed by atoms with Gasteiger partial charge in [-0.3, -0.25) is 0 Å². The van der Waals surface area contributed by atoms with Crippen molar-refractivity contribution >= 4 is 11.4 Å². The molecule has 0 saturated heterocycles. The van der Waals surface area contributed by atoms with E-state index >= 15 is 0 Å². The lowest BCUT2D eigenvalue weighted by molar-refractivity contribution is -0.376. The molecule has 0 radical (unpaired) electrons. The summed E-state index contributed by atoms with van der Waals surface area (Å²) in [6.07, 6.45) is -25.7. The van der Waals surface area contributed by atoms with E-state index in [2.05, 4.69) is 0 Å². The molecule has 0 heterocycles. The SMILES string of the molecule is Nc1cc(Cc2ccc(N)c(C(O)(C(F)(F)F)C(F)(F)F)c2)ccc1C(O)(C(F)(F)F)C(F)(F)F. The average molecular weight is 530 g/mol. The van der Waals surface area contributed by atoms with Gasteiger partial charge in [0.1, 0.15) is 0 Å². The molecule has 0 aliphatic carbocycles. The zero-order chi connectivity index (χ0) is 27.4. The Morgan fingerprint density at radius 3 is 1.29 bits per heavy atom. The Morgan fingerprint density at radius 2 is 0.886 bits per heavy atom. The third-order valence-corrected chi connectivity index (χ3v) is 5.06. The van der Waals surface area contributed by atoms with Crippen LogP contribution in [0.2, 0.25) is 0 Å². The molecule has 0 aliphatic rings. The van der Waals surface area contributed by atoms with Crippen LogP contribution in [0, 0.1) is 0 Å². The highest BCUT2D eigenvalue weighted by atomic mass is 19.4. The third kappa shape index (κ3) is 4.68. The van der Waals surface area contributed by atoms with Crippen molar-refractivity contribution in [3.63, 3.8) is 0 Å². The molecule has 0 saturated carbocycles. The van der Waals surface area contributed by atoms with Crippen molar-refractivity contribution in [1.29, 1.82) is 0 Å². The summed E-state index contributed by atoms with van der Waals surface area (Å²) in [5, 5.41) is 19.0. The monoisotopic (exact) mass is 530 g/mol. The van der Waals surface area contributed by atoms with Gasteiger partial charge in [-0.15, -0.1) is 0 Å². The first-order valence-corrected chi connectivity index (χ1v) is 8.98. The van der Waals surface area contributed by atoms with E-state index in [1.807, 2.05) is 0 Å². The maximum Gasteiger partial charge on any atom is 0.430 e. The van der Waals surface area contributed by atoms with Crippen LogP contribution in [0.3, 0.4) is 0 Å². The molecule has 0 aromatic heterocycles. The summed E-state index contributed by atoms with van der Waals surface area (Å²) >= 11 is 0. The Labute approximate surface area is 187 Å². The number of nitrogen functional groups attached to an aromatic ring is 2. The van der Waals surface area contributed by atoms with Gasteiger partial charge in [0.2, 0.25) is 0 Å². The molecule has 6 N–H and O–H groups in total. The molecule has 2 aromatic rings. The lowest BCUT2D eigenvalue weighted by Crippen LogP contribution is -2.54. The fourth-order valence-corrected chi connectivity index (χ4v) is 3.25. The number of rotatable bonds is 4. The van der Waals surface area contributed by atoms with Gasteiger partial charge in [-0.2, -0.15) is 52.7 Å². The van der Waals surface area contributed by atoms with E-state index in [4.69, 9.17) is 11.5 Å². The van der Waals surface area contributed by atoms with E-state index in [1.54, 1.807) is 0 Å². The molecule has 4 nitrogen and oxygen atoms in total. The maximum absolute atomic E-state index is 13.2. The van der Waals surface area contributed by atoms with Gasteiger partial charge in [-0.1, -0.05) is 18.2 Å². The smallest absolute Gasteiger partial charge is 0.398 e. The van der Waals surface area contributed by atoms with Crippen molar-refractivity contribution < 1.29 is 62.9 Å². The van der Waals surface area contributed by atoms with Crippen molar-refractivity contribution in [3.05, 3.63) is 58.7 Å². The summed E-state index contributed by atoms with van der Waals surface area (Å²) in [4.78, 5) is 0. The second kappa shape index (κ2) is 8.36. The first kappa shape index (κ1) is 28.4. The van der Waals surface area contributed by atoms with Crippen LogP contribution in [0.15, 0.2) is 36.4 Å². The lowest BCUT2D eigenvalue weighted by Gasteiger charge is -2.34. The first-order valence-electron chi connectivity index (χ1n) is 8.98. The van der Waals surface area contributed by atoms with Gasteiger partial charge >= 0.3 is 24.7 Å². The first-order chi connectivity index (χ1) is 15.5. The van der Waals surface area contributed by atoms with Crippen LogP contribution in [-0.2, 0) is 17.6 Å². The number of anilines is 2. The van der Waals surface area contributed by atoms with E-state index in [0.717, 1.165) is 6.07 Å². The number of hydrogen-bond acceptors (Lipinski definition) is 4. The molecule has 35 heavy (non-hydrogen) atoms. The van der Waals surface area contributed by atoms with Crippen LogP contribution in [-0.4, -0.2) is 34.9 Å². The second-order valence-electron chi connectivity index (χ2n) is 7.43. The molecule has 0 atom stereocenters.